The minimum atomic E-state index is 0.0376. The fraction of sp³-hybridized carbons (Fsp3) is 0.500. The lowest BCUT2D eigenvalue weighted by molar-refractivity contribution is -0.142. The Hall–Kier alpha value is -1.55. The lowest BCUT2D eigenvalue weighted by Crippen LogP contribution is -2.36. The van der Waals surface area contributed by atoms with E-state index in [1.54, 1.807) is 5.06 Å². The standard InChI is InChI=1S/C14H18N2O2/c17-14-15-9-5-4-8-13(10-15)16(14)18-11-12-6-2-1-3-7-12/h1-3,6-7,13H,4-5,8-11H2. The normalized spacial score (nSPS) is 23.3. The molecule has 2 amide bonds. The summed E-state index contributed by atoms with van der Waals surface area (Å²) in [6.45, 7) is 2.17. The molecule has 1 unspecified atom stereocenters. The highest BCUT2D eigenvalue weighted by molar-refractivity contribution is 5.76. The number of amides is 2. The van der Waals surface area contributed by atoms with Gasteiger partial charge in [0.25, 0.3) is 0 Å². The van der Waals surface area contributed by atoms with Gasteiger partial charge in [0.15, 0.2) is 0 Å². The average Bonchev–Trinajstić information content (AvgIpc) is 2.58. The van der Waals surface area contributed by atoms with Crippen LogP contribution < -0.4 is 0 Å². The lowest BCUT2D eigenvalue weighted by atomic mass is 10.1. The number of hydrogen-bond donors (Lipinski definition) is 0. The van der Waals surface area contributed by atoms with Gasteiger partial charge >= 0.3 is 6.03 Å². The molecule has 18 heavy (non-hydrogen) atoms. The Morgan fingerprint density at radius 1 is 1.22 bits per heavy atom. The van der Waals surface area contributed by atoms with Crippen molar-refractivity contribution in [3.63, 3.8) is 0 Å². The van der Waals surface area contributed by atoms with Crippen molar-refractivity contribution in [3.05, 3.63) is 35.9 Å². The molecule has 2 heterocycles. The van der Waals surface area contributed by atoms with Crippen molar-refractivity contribution >= 4 is 6.03 Å². The summed E-state index contributed by atoms with van der Waals surface area (Å²) in [6, 6.07) is 10.2. The van der Waals surface area contributed by atoms with Crippen molar-refractivity contribution in [3.8, 4) is 0 Å². The molecule has 4 heteroatoms. The van der Waals surface area contributed by atoms with Crippen LogP contribution in [0.4, 0.5) is 4.79 Å². The van der Waals surface area contributed by atoms with Gasteiger partial charge in [-0.3, -0.25) is 4.84 Å². The zero-order valence-electron chi connectivity index (χ0n) is 10.4. The Kier molecular flexibility index (Phi) is 3.19. The number of hydroxylamine groups is 2. The van der Waals surface area contributed by atoms with Gasteiger partial charge in [-0.25, -0.2) is 4.79 Å². The van der Waals surface area contributed by atoms with Gasteiger partial charge < -0.3 is 4.90 Å². The highest BCUT2D eigenvalue weighted by Crippen LogP contribution is 2.25. The highest BCUT2D eigenvalue weighted by atomic mass is 16.7. The summed E-state index contributed by atoms with van der Waals surface area (Å²) in [5.41, 5.74) is 1.10. The Bertz CT molecular complexity index is 421. The highest BCUT2D eigenvalue weighted by Gasteiger charge is 2.39. The summed E-state index contributed by atoms with van der Waals surface area (Å²) >= 11 is 0. The molecule has 1 atom stereocenters. The molecule has 2 aliphatic heterocycles. The summed E-state index contributed by atoms with van der Waals surface area (Å²) in [6.07, 6.45) is 3.35. The van der Waals surface area contributed by atoms with Crippen molar-refractivity contribution in [2.75, 3.05) is 13.1 Å². The van der Waals surface area contributed by atoms with Crippen molar-refractivity contribution < 1.29 is 9.63 Å². The molecule has 0 aliphatic carbocycles. The first-order chi connectivity index (χ1) is 8.84. The largest absolute Gasteiger partial charge is 0.344 e. The second kappa shape index (κ2) is 4.98. The van der Waals surface area contributed by atoms with Crippen LogP contribution in [0.15, 0.2) is 30.3 Å². The molecule has 4 nitrogen and oxygen atoms in total. The molecule has 3 rings (SSSR count). The molecule has 0 radical (unpaired) electrons. The van der Waals surface area contributed by atoms with E-state index in [0.717, 1.165) is 31.5 Å². The summed E-state index contributed by atoms with van der Waals surface area (Å²) in [4.78, 5) is 19.7. The number of carbonyl (C=O) groups excluding carboxylic acids is 1. The third kappa shape index (κ3) is 2.20. The number of nitrogens with zero attached hydrogens (tertiary/aromatic N) is 2. The van der Waals surface area contributed by atoms with Crippen molar-refractivity contribution in [1.82, 2.24) is 9.96 Å². The third-order valence-corrected chi connectivity index (χ3v) is 3.65. The fourth-order valence-corrected chi connectivity index (χ4v) is 2.66. The van der Waals surface area contributed by atoms with Crippen molar-refractivity contribution in [1.29, 1.82) is 0 Å². The number of hydrogen-bond acceptors (Lipinski definition) is 2. The average molecular weight is 246 g/mol. The van der Waals surface area contributed by atoms with Gasteiger partial charge in [-0.05, 0) is 24.8 Å². The van der Waals surface area contributed by atoms with E-state index in [1.807, 2.05) is 35.2 Å². The predicted octanol–water partition coefficient (Wildman–Crippen LogP) is 2.41. The number of urea groups is 1. The quantitative estimate of drug-likeness (QED) is 0.820. The minimum absolute atomic E-state index is 0.0376. The van der Waals surface area contributed by atoms with Gasteiger partial charge in [-0.2, -0.15) is 5.06 Å². The summed E-state index contributed by atoms with van der Waals surface area (Å²) in [5.74, 6) is 0. The van der Waals surface area contributed by atoms with Gasteiger partial charge in [-0.1, -0.05) is 30.3 Å². The maximum Gasteiger partial charge on any atom is 0.344 e. The SMILES string of the molecule is O=C1N2CCCCC(C2)N1OCc1ccccc1. The first-order valence-electron chi connectivity index (χ1n) is 6.59. The second-order valence-corrected chi connectivity index (χ2v) is 4.96. The van der Waals surface area contributed by atoms with Crippen LogP contribution >= 0.6 is 0 Å². The Morgan fingerprint density at radius 2 is 2.06 bits per heavy atom. The first kappa shape index (κ1) is 11.5. The van der Waals surface area contributed by atoms with Crippen LogP contribution in [0.3, 0.4) is 0 Å². The molecule has 0 spiro atoms. The van der Waals surface area contributed by atoms with Gasteiger partial charge in [0.05, 0.1) is 6.04 Å². The molecule has 1 aromatic rings. The van der Waals surface area contributed by atoms with E-state index in [1.165, 1.54) is 6.42 Å². The van der Waals surface area contributed by atoms with Crippen LogP contribution in [-0.2, 0) is 11.4 Å². The molecule has 1 aromatic carbocycles. The predicted molar refractivity (Wildman–Crippen MR) is 67.7 cm³/mol. The van der Waals surface area contributed by atoms with E-state index in [4.69, 9.17) is 4.84 Å². The van der Waals surface area contributed by atoms with E-state index in [2.05, 4.69) is 0 Å². The van der Waals surface area contributed by atoms with Crippen LogP contribution in [0.25, 0.3) is 0 Å². The molecule has 0 saturated carbocycles. The monoisotopic (exact) mass is 246 g/mol. The number of benzene rings is 1. The lowest BCUT2D eigenvalue weighted by Gasteiger charge is -2.23. The summed E-state index contributed by atoms with van der Waals surface area (Å²) in [5, 5.41) is 1.59. The zero-order chi connectivity index (χ0) is 12.4. The van der Waals surface area contributed by atoms with Crippen molar-refractivity contribution in [2.24, 2.45) is 0 Å². The maximum absolute atomic E-state index is 12.1. The molecule has 2 saturated heterocycles. The van der Waals surface area contributed by atoms with Gasteiger partial charge in [0.2, 0.25) is 0 Å². The Labute approximate surface area is 107 Å². The molecule has 96 valence electrons. The van der Waals surface area contributed by atoms with E-state index in [-0.39, 0.29) is 12.1 Å². The first-order valence-corrected chi connectivity index (χ1v) is 6.59. The molecule has 2 aliphatic rings. The molecule has 0 N–H and O–H groups in total. The molecular formula is C14H18N2O2. The van der Waals surface area contributed by atoms with Crippen LogP contribution in [0.5, 0.6) is 0 Å². The van der Waals surface area contributed by atoms with Crippen molar-refractivity contribution in [2.45, 2.75) is 31.9 Å². The van der Waals surface area contributed by atoms with Crippen LogP contribution in [0.2, 0.25) is 0 Å². The fourth-order valence-electron chi connectivity index (χ4n) is 2.66. The van der Waals surface area contributed by atoms with Gasteiger partial charge in [0, 0.05) is 13.1 Å². The van der Waals surface area contributed by atoms with E-state index < -0.39 is 0 Å². The molecular weight excluding hydrogens is 228 g/mol. The second-order valence-electron chi connectivity index (χ2n) is 4.96. The Balaban J connectivity index is 1.64. The van der Waals surface area contributed by atoms with E-state index in [0.29, 0.717) is 6.61 Å². The third-order valence-electron chi connectivity index (χ3n) is 3.65. The molecule has 2 fully saturated rings. The van der Waals surface area contributed by atoms with Crippen LogP contribution in [-0.4, -0.2) is 35.1 Å². The van der Waals surface area contributed by atoms with Crippen LogP contribution in [0, 0.1) is 0 Å². The molecule has 2 bridgehead atoms. The smallest absolute Gasteiger partial charge is 0.321 e. The minimum Gasteiger partial charge on any atom is -0.321 e. The van der Waals surface area contributed by atoms with Gasteiger partial charge in [-0.15, -0.1) is 0 Å². The number of carbonyl (C=O) groups is 1. The summed E-state index contributed by atoms with van der Waals surface area (Å²) < 4.78 is 0. The number of rotatable bonds is 3. The van der Waals surface area contributed by atoms with E-state index in [9.17, 15) is 4.79 Å². The van der Waals surface area contributed by atoms with Crippen LogP contribution in [0.1, 0.15) is 24.8 Å². The Morgan fingerprint density at radius 3 is 2.89 bits per heavy atom. The van der Waals surface area contributed by atoms with Gasteiger partial charge in [0.1, 0.15) is 6.61 Å². The molecule has 0 aromatic heterocycles. The maximum atomic E-state index is 12.1. The number of fused-ring (bicyclic) bond motifs is 2. The van der Waals surface area contributed by atoms with E-state index >= 15 is 0 Å². The topological polar surface area (TPSA) is 32.8 Å². The zero-order valence-corrected chi connectivity index (χ0v) is 10.4. The summed E-state index contributed by atoms with van der Waals surface area (Å²) in [7, 11) is 0.